The van der Waals surface area contributed by atoms with Crippen LogP contribution in [0.25, 0.3) is 0 Å². The van der Waals surface area contributed by atoms with E-state index in [1.807, 2.05) is 0 Å². The van der Waals surface area contributed by atoms with Crippen molar-refractivity contribution in [2.24, 2.45) is 5.73 Å². The number of carbonyl (C=O) groups excluding carboxylic acids is 1. The van der Waals surface area contributed by atoms with E-state index in [0.717, 1.165) is 6.20 Å². The first-order valence-corrected chi connectivity index (χ1v) is 5.05. The molecule has 0 atom stereocenters. The molecule has 0 unspecified atom stereocenters. The van der Waals surface area contributed by atoms with E-state index in [-0.39, 0.29) is 21.4 Å². The molecule has 0 aliphatic carbocycles. The first-order chi connectivity index (χ1) is 7.39. The Labute approximate surface area is 102 Å². The molecule has 0 radical (unpaired) electrons. The molecular formula is C8H6F3IN2O2. The Morgan fingerprint density at radius 1 is 1.56 bits per heavy atom. The van der Waals surface area contributed by atoms with Crippen LogP contribution < -0.4 is 10.5 Å². The van der Waals surface area contributed by atoms with E-state index in [9.17, 15) is 18.0 Å². The maximum Gasteiger partial charge on any atom is 0.573 e. The summed E-state index contributed by atoms with van der Waals surface area (Å²) in [6, 6.07) is 0. The lowest BCUT2D eigenvalue weighted by Crippen LogP contribution is -2.20. The molecule has 1 heterocycles. The van der Waals surface area contributed by atoms with Crippen molar-refractivity contribution in [3.8, 4) is 5.75 Å². The Morgan fingerprint density at radius 2 is 2.19 bits per heavy atom. The van der Waals surface area contributed by atoms with Gasteiger partial charge in [-0.05, 0) is 22.6 Å². The highest BCUT2D eigenvalue weighted by molar-refractivity contribution is 14.1. The van der Waals surface area contributed by atoms with Crippen LogP contribution in [-0.4, -0.2) is 17.6 Å². The van der Waals surface area contributed by atoms with Gasteiger partial charge in [-0.15, -0.1) is 13.2 Å². The van der Waals surface area contributed by atoms with Crippen LogP contribution in [0.15, 0.2) is 6.20 Å². The Balaban J connectivity index is 3.25. The van der Waals surface area contributed by atoms with Crippen molar-refractivity contribution in [3.63, 3.8) is 0 Å². The molecule has 1 rings (SSSR count). The van der Waals surface area contributed by atoms with E-state index < -0.39 is 12.1 Å². The molecule has 2 N–H and O–H groups in total. The summed E-state index contributed by atoms with van der Waals surface area (Å²) >= 11 is 1.73. The van der Waals surface area contributed by atoms with Gasteiger partial charge in [-0.3, -0.25) is 4.79 Å². The van der Waals surface area contributed by atoms with E-state index >= 15 is 0 Å². The zero-order valence-corrected chi connectivity index (χ0v) is 9.87. The van der Waals surface area contributed by atoms with Gasteiger partial charge < -0.3 is 10.5 Å². The van der Waals surface area contributed by atoms with Crippen molar-refractivity contribution in [1.82, 2.24) is 4.98 Å². The number of pyridine rings is 1. The lowest BCUT2D eigenvalue weighted by Gasteiger charge is -2.13. The molecule has 0 saturated heterocycles. The minimum Gasteiger partial charge on any atom is -0.404 e. The molecule has 88 valence electrons. The van der Waals surface area contributed by atoms with Gasteiger partial charge in [0.1, 0.15) is 3.70 Å². The summed E-state index contributed by atoms with van der Waals surface area (Å²) in [4.78, 5) is 14.3. The molecule has 8 heteroatoms. The van der Waals surface area contributed by atoms with Gasteiger partial charge in [-0.2, -0.15) is 0 Å². The molecule has 0 aliphatic rings. The molecule has 0 amide bonds. The second kappa shape index (κ2) is 4.95. The topological polar surface area (TPSA) is 65.2 Å². The van der Waals surface area contributed by atoms with E-state index in [1.54, 1.807) is 22.6 Å². The van der Waals surface area contributed by atoms with Crippen molar-refractivity contribution >= 4 is 28.9 Å². The van der Waals surface area contributed by atoms with Gasteiger partial charge >= 0.3 is 6.36 Å². The molecule has 16 heavy (non-hydrogen) atoms. The van der Waals surface area contributed by atoms with Crippen LogP contribution in [0.1, 0.15) is 15.9 Å². The molecule has 0 fully saturated rings. The van der Waals surface area contributed by atoms with Crippen LogP contribution >= 0.6 is 22.6 Å². The Morgan fingerprint density at radius 3 is 2.62 bits per heavy atom. The summed E-state index contributed by atoms with van der Waals surface area (Å²) in [6.07, 6.45) is -3.54. The van der Waals surface area contributed by atoms with Crippen molar-refractivity contribution in [1.29, 1.82) is 0 Å². The number of nitrogens with two attached hydrogens (primary N) is 1. The molecular weight excluding hydrogens is 340 g/mol. The summed E-state index contributed by atoms with van der Waals surface area (Å²) in [5.41, 5.74) is 5.29. The highest BCUT2D eigenvalue weighted by atomic mass is 127. The number of carbonyl (C=O) groups is 1. The zero-order chi connectivity index (χ0) is 12.3. The molecule has 0 saturated carbocycles. The predicted octanol–water partition coefficient (Wildman–Crippen LogP) is 1.86. The zero-order valence-electron chi connectivity index (χ0n) is 7.71. The average Bonchev–Trinajstić information content (AvgIpc) is 2.18. The summed E-state index contributed by atoms with van der Waals surface area (Å²) < 4.78 is 40.0. The lowest BCUT2D eigenvalue weighted by molar-refractivity contribution is -0.275. The number of aldehydes is 1. The van der Waals surface area contributed by atoms with Crippen LogP contribution in [0.5, 0.6) is 5.75 Å². The van der Waals surface area contributed by atoms with E-state index in [1.165, 1.54) is 0 Å². The van der Waals surface area contributed by atoms with Crippen LogP contribution in [0.3, 0.4) is 0 Å². The second-order valence-electron chi connectivity index (χ2n) is 2.68. The predicted molar refractivity (Wildman–Crippen MR) is 56.9 cm³/mol. The van der Waals surface area contributed by atoms with Crippen molar-refractivity contribution in [2.75, 3.05) is 0 Å². The molecule has 0 bridgehead atoms. The molecule has 1 aromatic rings. The highest BCUT2D eigenvalue weighted by Gasteiger charge is 2.32. The normalized spacial score (nSPS) is 11.3. The van der Waals surface area contributed by atoms with Gasteiger partial charge in [0.25, 0.3) is 0 Å². The number of aromatic nitrogens is 1. The Bertz CT molecular complexity index is 409. The summed E-state index contributed by atoms with van der Waals surface area (Å²) in [6.45, 7) is -0.238. The van der Waals surface area contributed by atoms with Crippen LogP contribution in [0.4, 0.5) is 13.2 Å². The Hall–Kier alpha value is -0.900. The second-order valence-corrected chi connectivity index (χ2v) is 3.70. The van der Waals surface area contributed by atoms with Crippen molar-refractivity contribution in [2.45, 2.75) is 12.9 Å². The third-order valence-corrected chi connectivity index (χ3v) is 2.55. The molecule has 1 aromatic heterocycles. The minimum absolute atomic E-state index is 0.00766. The fourth-order valence-electron chi connectivity index (χ4n) is 1.06. The van der Waals surface area contributed by atoms with Crippen LogP contribution in [-0.2, 0) is 6.54 Å². The summed E-state index contributed by atoms with van der Waals surface area (Å²) in [5.74, 6) is -0.544. The van der Waals surface area contributed by atoms with Crippen LogP contribution in [0, 0.1) is 3.70 Å². The van der Waals surface area contributed by atoms with Gasteiger partial charge in [-0.1, -0.05) is 0 Å². The van der Waals surface area contributed by atoms with Gasteiger partial charge in [-0.25, -0.2) is 4.98 Å². The molecule has 0 aliphatic heterocycles. The monoisotopic (exact) mass is 346 g/mol. The fourth-order valence-corrected chi connectivity index (χ4v) is 1.65. The number of hydrogen-bond acceptors (Lipinski definition) is 4. The van der Waals surface area contributed by atoms with Crippen LogP contribution in [0.2, 0.25) is 0 Å². The first-order valence-electron chi connectivity index (χ1n) is 3.97. The third kappa shape index (κ3) is 3.04. The minimum atomic E-state index is -4.83. The van der Waals surface area contributed by atoms with E-state index in [2.05, 4.69) is 9.72 Å². The molecule has 0 aromatic carbocycles. The Kier molecular flexibility index (Phi) is 4.08. The number of hydrogen-bond donors (Lipinski definition) is 1. The maximum atomic E-state index is 12.0. The van der Waals surface area contributed by atoms with Gasteiger partial charge in [0.05, 0.1) is 11.8 Å². The quantitative estimate of drug-likeness (QED) is 0.516. The summed E-state index contributed by atoms with van der Waals surface area (Å²) in [5, 5.41) is 0. The smallest absolute Gasteiger partial charge is 0.404 e. The maximum absolute atomic E-state index is 12.0. The van der Waals surface area contributed by atoms with Gasteiger partial charge in [0.2, 0.25) is 0 Å². The average molecular weight is 346 g/mol. The van der Waals surface area contributed by atoms with Gasteiger partial charge in [0.15, 0.2) is 12.0 Å². The number of alkyl halides is 3. The largest absolute Gasteiger partial charge is 0.573 e. The number of halogens is 4. The van der Waals surface area contributed by atoms with Crippen molar-refractivity contribution < 1.29 is 22.7 Å². The van der Waals surface area contributed by atoms with Crippen molar-refractivity contribution in [3.05, 3.63) is 21.0 Å². The SMILES string of the molecule is NCc1c(OC(F)(F)F)cnc(I)c1C=O. The van der Waals surface area contributed by atoms with E-state index in [4.69, 9.17) is 5.73 Å². The lowest BCUT2D eigenvalue weighted by atomic mass is 10.1. The standard InChI is InChI=1S/C8H6F3IN2O2/c9-8(10,11)16-6-2-14-7(12)5(3-15)4(6)1-13/h2-3H,1,13H2. The number of nitrogens with zero attached hydrogens (tertiary/aromatic N) is 1. The third-order valence-electron chi connectivity index (χ3n) is 1.69. The number of ether oxygens (including phenoxy) is 1. The molecule has 0 spiro atoms. The van der Waals surface area contributed by atoms with E-state index in [0.29, 0.717) is 6.29 Å². The number of rotatable bonds is 3. The van der Waals surface area contributed by atoms with Gasteiger partial charge in [0, 0.05) is 12.1 Å². The first kappa shape index (κ1) is 13.2. The fraction of sp³-hybridized carbons (Fsp3) is 0.250. The summed E-state index contributed by atoms with van der Waals surface area (Å²) in [7, 11) is 0. The highest BCUT2D eigenvalue weighted by Crippen LogP contribution is 2.28. The molecule has 4 nitrogen and oxygen atoms in total.